The van der Waals surface area contributed by atoms with Crippen LogP contribution in [0.1, 0.15) is 11.3 Å². The van der Waals surface area contributed by atoms with Crippen molar-refractivity contribution in [3.8, 4) is 0 Å². The first kappa shape index (κ1) is 12.6. The summed E-state index contributed by atoms with van der Waals surface area (Å²) in [6, 6.07) is 5.09. The number of rotatable bonds is 4. The summed E-state index contributed by atoms with van der Waals surface area (Å²) in [7, 11) is 0. The molecule has 0 radical (unpaired) electrons. The number of hydrogen-bond donors (Lipinski definition) is 2. The minimum atomic E-state index is -0.386. The number of benzene rings is 1. The van der Waals surface area contributed by atoms with Gasteiger partial charge in [-0.2, -0.15) is 5.10 Å². The Balaban J connectivity index is 2.22. The highest BCUT2D eigenvalue weighted by atomic mass is 79.9. The van der Waals surface area contributed by atoms with Crippen LogP contribution in [0.2, 0.25) is 0 Å². The summed E-state index contributed by atoms with van der Waals surface area (Å²) < 4.78 is 0.796. The lowest BCUT2D eigenvalue weighted by Crippen LogP contribution is -2.02. The third-order valence-corrected chi connectivity index (χ3v) is 3.17. The third kappa shape index (κ3) is 2.67. The number of nitro benzene ring substituents is 1. The Kier molecular flexibility index (Phi) is 3.61. The van der Waals surface area contributed by atoms with Gasteiger partial charge in [-0.1, -0.05) is 0 Å². The Morgan fingerprint density at radius 1 is 1.56 bits per heavy atom. The van der Waals surface area contributed by atoms with Crippen molar-refractivity contribution >= 4 is 27.3 Å². The van der Waals surface area contributed by atoms with E-state index in [1.54, 1.807) is 19.2 Å². The molecule has 1 aromatic carbocycles. The number of halogens is 1. The molecule has 0 saturated heterocycles. The molecule has 2 aromatic rings. The normalized spacial score (nSPS) is 10.3. The second-order valence-electron chi connectivity index (χ2n) is 3.81. The SMILES string of the molecule is Cc1cc(Br)c(NCc2ccn[nH]2)cc1[N+](=O)[O-]. The molecule has 1 aromatic heterocycles. The number of aromatic amines is 1. The molecule has 0 aliphatic heterocycles. The van der Waals surface area contributed by atoms with Gasteiger partial charge in [0, 0.05) is 22.3 Å². The lowest BCUT2D eigenvalue weighted by atomic mass is 10.2. The molecule has 0 atom stereocenters. The number of hydrogen-bond acceptors (Lipinski definition) is 4. The Morgan fingerprint density at radius 3 is 2.94 bits per heavy atom. The Hall–Kier alpha value is -1.89. The molecule has 0 amide bonds. The number of anilines is 1. The van der Waals surface area contributed by atoms with Crippen molar-refractivity contribution in [3.05, 3.63) is 50.2 Å². The minimum absolute atomic E-state index is 0.102. The van der Waals surface area contributed by atoms with Crippen LogP contribution < -0.4 is 5.32 Å². The highest BCUT2D eigenvalue weighted by molar-refractivity contribution is 9.10. The van der Waals surface area contributed by atoms with Crippen LogP contribution in [0.25, 0.3) is 0 Å². The van der Waals surface area contributed by atoms with Crippen molar-refractivity contribution in [2.45, 2.75) is 13.5 Å². The van der Waals surface area contributed by atoms with E-state index < -0.39 is 0 Å². The summed E-state index contributed by atoms with van der Waals surface area (Å²) in [5, 5.41) is 20.6. The maximum atomic E-state index is 10.9. The first-order valence-electron chi connectivity index (χ1n) is 5.24. The number of nitro groups is 1. The van der Waals surface area contributed by atoms with Gasteiger partial charge in [0.1, 0.15) is 0 Å². The molecule has 1 heterocycles. The number of nitrogens with one attached hydrogen (secondary N) is 2. The van der Waals surface area contributed by atoms with Crippen LogP contribution in [0.15, 0.2) is 28.9 Å². The van der Waals surface area contributed by atoms with Crippen LogP contribution in [0.3, 0.4) is 0 Å². The van der Waals surface area contributed by atoms with Gasteiger partial charge >= 0.3 is 0 Å². The van der Waals surface area contributed by atoms with Gasteiger partial charge in [-0.05, 0) is 35.0 Å². The van der Waals surface area contributed by atoms with E-state index in [2.05, 4.69) is 31.4 Å². The van der Waals surface area contributed by atoms with Crippen molar-refractivity contribution < 1.29 is 4.92 Å². The highest BCUT2D eigenvalue weighted by Gasteiger charge is 2.14. The first-order valence-corrected chi connectivity index (χ1v) is 6.04. The van der Waals surface area contributed by atoms with E-state index in [1.165, 1.54) is 6.07 Å². The van der Waals surface area contributed by atoms with Gasteiger partial charge in [0.05, 0.1) is 22.8 Å². The van der Waals surface area contributed by atoms with Crippen LogP contribution in [0.4, 0.5) is 11.4 Å². The van der Waals surface area contributed by atoms with E-state index in [0.717, 1.165) is 10.2 Å². The maximum Gasteiger partial charge on any atom is 0.274 e. The molecule has 0 fully saturated rings. The average Bonchev–Trinajstić information content (AvgIpc) is 2.80. The molecule has 2 N–H and O–H groups in total. The van der Waals surface area contributed by atoms with Gasteiger partial charge in [0.25, 0.3) is 5.69 Å². The van der Waals surface area contributed by atoms with E-state index in [9.17, 15) is 10.1 Å². The summed E-state index contributed by atoms with van der Waals surface area (Å²) in [5.74, 6) is 0. The number of aryl methyl sites for hydroxylation is 1. The topological polar surface area (TPSA) is 83.8 Å². The van der Waals surface area contributed by atoms with E-state index in [1.807, 2.05) is 6.07 Å². The molecule has 2 rings (SSSR count). The van der Waals surface area contributed by atoms with E-state index >= 15 is 0 Å². The highest BCUT2D eigenvalue weighted by Crippen LogP contribution is 2.30. The van der Waals surface area contributed by atoms with E-state index in [0.29, 0.717) is 17.8 Å². The van der Waals surface area contributed by atoms with Crippen LogP contribution >= 0.6 is 15.9 Å². The molecular weight excluding hydrogens is 300 g/mol. The van der Waals surface area contributed by atoms with Gasteiger partial charge in [-0.3, -0.25) is 15.2 Å². The standard InChI is InChI=1S/C11H11BrN4O2/c1-7-4-9(12)10(5-11(7)16(17)18)13-6-8-2-3-14-15-8/h2-5,13H,6H2,1H3,(H,14,15). The smallest absolute Gasteiger partial charge is 0.274 e. The molecule has 0 bridgehead atoms. The molecule has 0 aliphatic carbocycles. The summed E-state index contributed by atoms with van der Waals surface area (Å²) in [6.45, 7) is 2.24. The molecule has 6 nitrogen and oxygen atoms in total. The lowest BCUT2D eigenvalue weighted by molar-refractivity contribution is -0.385. The summed E-state index contributed by atoms with van der Waals surface area (Å²) in [4.78, 5) is 10.5. The van der Waals surface area contributed by atoms with E-state index in [-0.39, 0.29) is 10.6 Å². The molecular formula is C11H11BrN4O2. The largest absolute Gasteiger partial charge is 0.378 e. The number of nitrogens with zero attached hydrogens (tertiary/aromatic N) is 2. The van der Waals surface area contributed by atoms with Crippen LogP contribution in [0.5, 0.6) is 0 Å². The van der Waals surface area contributed by atoms with Gasteiger partial charge in [0.15, 0.2) is 0 Å². The quantitative estimate of drug-likeness (QED) is 0.671. The van der Waals surface area contributed by atoms with Gasteiger partial charge in [-0.25, -0.2) is 0 Å². The summed E-state index contributed by atoms with van der Waals surface area (Å²) in [6.07, 6.45) is 1.66. The molecule has 94 valence electrons. The molecule has 18 heavy (non-hydrogen) atoms. The van der Waals surface area contributed by atoms with Crippen molar-refractivity contribution in [2.24, 2.45) is 0 Å². The summed E-state index contributed by atoms with van der Waals surface area (Å²) >= 11 is 3.38. The Morgan fingerprint density at radius 2 is 2.33 bits per heavy atom. The fourth-order valence-corrected chi connectivity index (χ4v) is 2.17. The Bertz CT molecular complexity index is 569. The first-order chi connectivity index (χ1) is 8.58. The zero-order chi connectivity index (χ0) is 13.1. The number of H-pyrrole nitrogens is 1. The monoisotopic (exact) mass is 310 g/mol. The predicted octanol–water partition coefficient (Wildman–Crippen LogP) is 3.00. The van der Waals surface area contributed by atoms with Crippen LogP contribution in [0, 0.1) is 17.0 Å². The second-order valence-corrected chi connectivity index (χ2v) is 4.67. The number of aromatic nitrogens is 2. The van der Waals surface area contributed by atoms with Gasteiger partial charge in [0.2, 0.25) is 0 Å². The third-order valence-electron chi connectivity index (χ3n) is 2.51. The predicted molar refractivity (Wildman–Crippen MR) is 71.4 cm³/mol. The molecule has 0 aliphatic rings. The molecule has 0 spiro atoms. The molecule has 7 heteroatoms. The lowest BCUT2D eigenvalue weighted by Gasteiger charge is -2.08. The summed E-state index contributed by atoms with van der Waals surface area (Å²) in [5.41, 5.74) is 2.32. The van der Waals surface area contributed by atoms with Gasteiger partial charge < -0.3 is 5.32 Å². The fourth-order valence-electron chi connectivity index (χ4n) is 1.57. The molecule has 0 saturated carbocycles. The minimum Gasteiger partial charge on any atom is -0.378 e. The van der Waals surface area contributed by atoms with Crippen molar-refractivity contribution in [1.82, 2.24) is 10.2 Å². The van der Waals surface area contributed by atoms with Crippen molar-refractivity contribution in [3.63, 3.8) is 0 Å². The zero-order valence-corrected chi connectivity index (χ0v) is 11.2. The second kappa shape index (κ2) is 5.18. The van der Waals surface area contributed by atoms with E-state index in [4.69, 9.17) is 0 Å². The maximum absolute atomic E-state index is 10.9. The molecule has 0 unspecified atom stereocenters. The zero-order valence-electron chi connectivity index (χ0n) is 9.61. The fraction of sp³-hybridized carbons (Fsp3) is 0.182. The van der Waals surface area contributed by atoms with Crippen molar-refractivity contribution in [2.75, 3.05) is 5.32 Å². The van der Waals surface area contributed by atoms with Crippen LogP contribution in [-0.2, 0) is 6.54 Å². The van der Waals surface area contributed by atoms with Gasteiger partial charge in [-0.15, -0.1) is 0 Å². The van der Waals surface area contributed by atoms with Crippen LogP contribution in [-0.4, -0.2) is 15.1 Å². The average molecular weight is 311 g/mol. The Labute approximate surface area is 112 Å². The van der Waals surface area contributed by atoms with Crippen molar-refractivity contribution in [1.29, 1.82) is 0 Å².